The highest BCUT2D eigenvalue weighted by Crippen LogP contribution is 2.36. The lowest BCUT2D eigenvalue weighted by atomic mass is 10.1. The zero-order valence-electron chi connectivity index (χ0n) is 12.3. The molecule has 2 aromatic heterocycles. The molecule has 0 fully saturated rings. The van der Waals surface area contributed by atoms with E-state index in [1.807, 2.05) is 0 Å². The van der Waals surface area contributed by atoms with Gasteiger partial charge >= 0.3 is 0 Å². The zero-order chi connectivity index (χ0) is 15.0. The Hall–Kier alpha value is -1.59. The van der Waals surface area contributed by atoms with Crippen LogP contribution in [0, 0.1) is 13.8 Å². The summed E-state index contributed by atoms with van der Waals surface area (Å²) in [5, 5.41) is 2.05. The Morgan fingerprint density at radius 2 is 1.95 bits per heavy atom. The van der Waals surface area contributed by atoms with Crippen LogP contribution in [-0.4, -0.2) is 9.97 Å². The summed E-state index contributed by atoms with van der Waals surface area (Å²) in [5.74, 6) is 0.346. The molecule has 108 valence electrons. The van der Waals surface area contributed by atoms with Crippen molar-refractivity contribution in [3.05, 3.63) is 40.3 Å². The number of nitrogens with two attached hydrogens (primary N) is 1. The van der Waals surface area contributed by atoms with Gasteiger partial charge in [0, 0.05) is 15.2 Å². The van der Waals surface area contributed by atoms with Gasteiger partial charge in [0.25, 0.3) is 0 Å². The highest BCUT2D eigenvalue weighted by Gasteiger charge is 2.12. The van der Waals surface area contributed by atoms with Crippen LogP contribution in [0.4, 0.5) is 5.95 Å². The summed E-state index contributed by atoms with van der Waals surface area (Å²) in [7, 11) is 0. The van der Waals surface area contributed by atoms with Crippen LogP contribution in [0.2, 0.25) is 0 Å². The van der Waals surface area contributed by atoms with E-state index in [2.05, 4.69) is 55.0 Å². The van der Waals surface area contributed by atoms with Gasteiger partial charge in [0.1, 0.15) is 9.86 Å². The lowest BCUT2D eigenvalue weighted by Gasteiger charge is -2.06. The Balaban J connectivity index is 2.06. The highest BCUT2D eigenvalue weighted by atomic mass is 32.2. The SMILES string of the molecule is CCc1cc2c(Sc3ccc(C)c(C)c3)nc(N)nc2s1. The van der Waals surface area contributed by atoms with Gasteiger partial charge in [-0.1, -0.05) is 24.8 Å². The van der Waals surface area contributed by atoms with Crippen molar-refractivity contribution in [3.63, 3.8) is 0 Å². The topological polar surface area (TPSA) is 51.8 Å². The number of aryl methyl sites for hydroxylation is 3. The molecule has 0 amide bonds. The Morgan fingerprint density at radius 3 is 2.67 bits per heavy atom. The number of nitrogens with zero attached hydrogens (tertiary/aromatic N) is 2. The maximum atomic E-state index is 5.85. The number of thiophene rings is 1. The second-order valence-electron chi connectivity index (χ2n) is 5.02. The van der Waals surface area contributed by atoms with Crippen molar-refractivity contribution >= 4 is 39.3 Å². The average molecular weight is 315 g/mol. The molecule has 21 heavy (non-hydrogen) atoms. The smallest absolute Gasteiger partial charge is 0.222 e. The minimum absolute atomic E-state index is 0.346. The fraction of sp³-hybridized carbons (Fsp3) is 0.250. The van der Waals surface area contributed by atoms with E-state index in [0.29, 0.717) is 5.95 Å². The van der Waals surface area contributed by atoms with Gasteiger partial charge < -0.3 is 5.73 Å². The molecule has 5 heteroatoms. The predicted octanol–water partition coefficient (Wildman–Crippen LogP) is 4.60. The van der Waals surface area contributed by atoms with Crippen molar-refractivity contribution in [2.24, 2.45) is 0 Å². The first-order valence-corrected chi connectivity index (χ1v) is 8.51. The molecular weight excluding hydrogens is 298 g/mol. The first-order chi connectivity index (χ1) is 10.1. The lowest BCUT2D eigenvalue weighted by molar-refractivity contribution is 1.12. The van der Waals surface area contributed by atoms with Gasteiger partial charge in [0.05, 0.1) is 0 Å². The van der Waals surface area contributed by atoms with Gasteiger partial charge in [-0.15, -0.1) is 11.3 Å². The molecule has 0 aliphatic carbocycles. The van der Waals surface area contributed by atoms with Crippen LogP contribution in [0.5, 0.6) is 0 Å². The van der Waals surface area contributed by atoms with Crippen LogP contribution in [0.15, 0.2) is 34.2 Å². The van der Waals surface area contributed by atoms with Crippen LogP contribution >= 0.6 is 23.1 Å². The predicted molar refractivity (Wildman–Crippen MR) is 91.2 cm³/mol. The molecule has 0 saturated carbocycles. The number of rotatable bonds is 3. The molecule has 2 heterocycles. The molecule has 1 aromatic carbocycles. The number of aromatic nitrogens is 2. The van der Waals surface area contributed by atoms with E-state index in [1.165, 1.54) is 20.9 Å². The number of nitrogen functional groups attached to an aromatic ring is 1. The van der Waals surface area contributed by atoms with Crippen molar-refractivity contribution in [3.8, 4) is 0 Å². The van der Waals surface area contributed by atoms with Gasteiger partial charge in [-0.05, 0) is 49.6 Å². The lowest BCUT2D eigenvalue weighted by Crippen LogP contribution is -1.95. The van der Waals surface area contributed by atoms with E-state index in [-0.39, 0.29) is 0 Å². The summed E-state index contributed by atoms with van der Waals surface area (Å²) in [4.78, 5) is 12.3. The fourth-order valence-corrected chi connectivity index (χ4v) is 4.14. The van der Waals surface area contributed by atoms with Crippen molar-refractivity contribution in [2.45, 2.75) is 37.1 Å². The molecule has 0 aliphatic heterocycles. The van der Waals surface area contributed by atoms with Gasteiger partial charge in [0.2, 0.25) is 5.95 Å². The summed E-state index contributed by atoms with van der Waals surface area (Å²) in [5.41, 5.74) is 8.45. The fourth-order valence-electron chi connectivity index (χ4n) is 2.10. The van der Waals surface area contributed by atoms with Crippen LogP contribution in [0.3, 0.4) is 0 Å². The number of hydrogen-bond donors (Lipinski definition) is 1. The van der Waals surface area contributed by atoms with Gasteiger partial charge in [-0.2, -0.15) is 0 Å². The van der Waals surface area contributed by atoms with E-state index < -0.39 is 0 Å². The summed E-state index contributed by atoms with van der Waals surface area (Å²) in [6, 6.07) is 8.65. The molecule has 0 saturated heterocycles. The molecule has 2 N–H and O–H groups in total. The van der Waals surface area contributed by atoms with Crippen molar-refractivity contribution < 1.29 is 0 Å². The second kappa shape index (κ2) is 5.66. The van der Waals surface area contributed by atoms with E-state index >= 15 is 0 Å². The molecular formula is C16H17N3S2. The van der Waals surface area contributed by atoms with Crippen molar-refractivity contribution in [1.29, 1.82) is 0 Å². The summed E-state index contributed by atoms with van der Waals surface area (Å²) in [6.07, 6.45) is 1.01. The molecule has 0 bridgehead atoms. The maximum Gasteiger partial charge on any atom is 0.222 e. The molecule has 3 rings (SSSR count). The zero-order valence-corrected chi connectivity index (χ0v) is 13.9. The summed E-state index contributed by atoms with van der Waals surface area (Å²) >= 11 is 3.35. The first-order valence-electron chi connectivity index (χ1n) is 6.88. The minimum Gasteiger partial charge on any atom is -0.368 e. The first kappa shape index (κ1) is 14.4. The number of anilines is 1. The van der Waals surface area contributed by atoms with Gasteiger partial charge in [-0.25, -0.2) is 9.97 Å². The van der Waals surface area contributed by atoms with Crippen LogP contribution in [0.25, 0.3) is 10.2 Å². The van der Waals surface area contributed by atoms with E-state index in [9.17, 15) is 0 Å². The normalized spacial score (nSPS) is 11.2. The summed E-state index contributed by atoms with van der Waals surface area (Å²) < 4.78 is 0. The average Bonchev–Trinajstić information content (AvgIpc) is 2.86. The molecule has 0 spiro atoms. The third-order valence-corrected chi connectivity index (χ3v) is 5.63. The Morgan fingerprint density at radius 1 is 1.14 bits per heavy atom. The highest BCUT2D eigenvalue weighted by molar-refractivity contribution is 7.99. The molecule has 0 radical (unpaired) electrons. The molecule has 0 aliphatic rings. The van der Waals surface area contributed by atoms with E-state index in [0.717, 1.165) is 21.7 Å². The van der Waals surface area contributed by atoms with Gasteiger partial charge in [-0.3, -0.25) is 0 Å². The largest absolute Gasteiger partial charge is 0.368 e. The number of benzene rings is 1. The van der Waals surface area contributed by atoms with Crippen LogP contribution < -0.4 is 5.73 Å². The molecule has 3 nitrogen and oxygen atoms in total. The maximum absolute atomic E-state index is 5.85. The minimum atomic E-state index is 0.346. The van der Waals surface area contributed by atoms with Crippen molar-refractivity contribution in [1.82, 2.24) is 9.97 Å². The number of fused-ring (bicyclic) bond motifs is 1. The third-order valence-electron chi connectivity index (χ3n) is 3.47. The Bertz CT molecular complexity index is 809. The Kier molecular flexibility index (Phi) is 3.87. The molecule has 3 aromatic rings. The van der Waals surface area contributed by atoms with Crippen LogP contribution in [0.1, 0.15) is 22.9 Å². The number of hydrogen-bond acceptors (Lipinski definition) is 5. The molecule has 0 atom stereocenters. The third kappa shape index (κ3) is 2.89. The van der Waals surface area contributed by atoms with Crippen molar-refractivity contribution in [2.75, 3.05) is 5.73 Å². The molecule has 0 unspecified atom stereocenters. The Labute approximate surface area is 132 Å². The standard InChI is InChI=1S/C16H17N3S2/c1-4-11-8-13-14(20-11)18-16(17)19-15(13)21-12-6-5-9(2)10(3)7-12/h5-8H,4H2,1-3H3,(H2,17,18,19). The monoisotopic (exact) mass is 315 g/mol. The summed E-state index contributed by atoms with van der Waals surface area (Å²) in [6.45, 7) is 6.40. The second-order valence-corrected chi connectivity index (χ2v) is 7.20. The van der Waals surface area contributed by atoms with Crippen LogP contribution in [-0.2, 0) is 6.42 Å². The van der Waals surface area contributed by atoms with E-state index in [4.69, 9.17) is 5.73 Å². The van der Waals surface area contributed by atoms with E-state index in [1.54, 1.807) is 23.1 Å². The quantitative estimate of drug-likeness (QED) is 0.717. The van der Waals surface area contributed by atoms with Gasteiger partial charge in [0.15, 0.2) is 0 Å².